The van der Waals surface area contributed by atoms with Gasteiger partial charge in [-0.1, -0.05) is 19.0 Å². The van der Waals surface area contributed by atoms with Crippen molar-refractivity contribution in [3.8, 4) is 0 Å². The average Bonchev–Trinajstić information content (AvgIpc) is 2.76. The molecule has 0 saturated carbocycles. The molecule has 0 atom stereocenters. The first-order valence-electron chi connectivity index (χ1n) is 5.80. The van der Waals surface area contributed by atoms with E-state index >= 15 is 0 Å². The van der Waals surface area contributed by atoms with Crippen molar-refractivity contribution in [3.63, 3.8) is 0 Å². The predicted molar refractivity (Wildman–Crippen MR) is 61.3 cm³/mol. The van der Waals surface area contributed by atoms with Gasteiger partial charge in [-0.25, -0.2) is 0 Å². The van der Waals surface area contributed by atoms with Crippen LogP contribution in [0.3, 0.4) is 0 Å². The van der Waals surface area contributed by atoms with Gasteiger partial charge in [-0.05, 0) is 13.0 Å². The Morgan fingerprint density at radius 2 is 2.24 bits per heavy atom. The molecule has 1 rings (SSSR count). The van der Waals surface area contributed by atoms with Crippen molar-refractivity contribution in [3.05, 3.63) is 11.7 Å². The minimum Gasteiger partial charge on any atom is -0.468 e. The third-order valence-electron chi connectivity index (χ3n) is 2.37. The summed E-state index contributed by atoms with van der Waals surface area (Å²) < 4.78 is 9.70. The van der Waals surface area contributed by atoms with Gasteiger partial charge in [-0.2, -0.15) is 4.98 Å². The number of hydrogen-bond acceptors (Lipinski definition) is 6. The lowest BCUT2D eigenvalue weighted by Crippen LogP contribution is -2.30. The molecule has 0 bridgehead atoms. The number of likely N-dealkylation sites (N-methyl/N-ethyl adjacent to an activating group) is 1. The van der Waals surface area contributed by atoms with Crippen LogP contribution in [0.2, 0.25) is 0 Å². The number of carbonyl (C=O) groups excluding carboxylic acids is 1. The van der Waals surface area contributed by atoms with Crippen LogP contribution < -0.4 is 0 Å². The largest absolute Gasteiger partial charge is 0.468 e. The molecule has 1 aromatic heterocycles. The van der Waals surface area contributed by atoms with Gasteiger partial charge in [0.2, 0.25) is 5.89 Å². The maximum Gasteiger partial charge on any atom is 0.319 e. The number of aryl methyl sites for hydroxylation is 1. The van der Waals surface area contributed by atoms with E-state index in [0.29, 0.717) is 18.3 Å². The number of hydrogen-bond donors (Lipinski definition) is 0. The number of aromatic nitrogens is 2. The van der Waals surface area contributed by atoms with E-state index in [9.17, 15) is 4.79 Å². The highest BCUT2D eigenvalue weighted by molar-refractivity contribution is 5.71. The lowest BCUT2D eigenvalue weighted by Gasteiger charge is -2.16. The van der Waals surface area contributed by atoms with Crippen LogP contribution in [-0.2, 0) is 22.5 Å². The van der Waals surface area contributed by atoms with E-state index in [1.54, 1.807) is 0 Å². The van der Waals surface area contributed by atoms with Gasteiger partial charge in [0.05, 0.1) is 20.2 Å². The number of nitrogens with zero attached hydrogens (tertiary/aromatic N) is 3. The van der Waals surface area contributed by atoms with Crippen LogP contribution in [0, 0.1) is 0 Å². The Hall–Kier alpha value is -1.43. The third-order valence-corrected chi connectivity index (χ3v) is 2.37. The number of carbonyl (C=O) groups is 1. The van der Waals surface area contributed by atoms with E-state index in [2.05, 4.69) is 21.8 Å². The summed E-state index contributed by atoms with van der Waals surface area (Å²) in [7, 11) is 1.38. The molecule has 6 heteroatoms. The molecule has 1 aromatic rings. The smallest absolute Gasteiger partial charge is 0.319 e. The number of ether oxygens (including phenoxy) is 1. The normalized spacial score (nSPS) is 10.8. The van der Waals surface area contributed by atoms with Gasteiger partial charge in [-0.3, -0.25) is 9.69 Å². The summed E-state index contributed by atoms with van der Waals surface area (Å²) in [6, 6.07) is 0. The van der Waals surface area contributed by atoms with Crippen LogP contribution in [0.5, 0.6) is 0 Å². The molecule has 0 radical (unpaired) electrons. The summed E-state index contributed by atoms with van der Waals surface area (Å²) in [4.78, 5) is 17.3. The highest BCUT2D eigenvalue weighted by atomic mass is 16.5. The maximum absolute atomic E-state index is 11.2. The fourth-order valence-electron chi connectivity index (χ4n) is 1.40. The van der Waals surface area contributed by atoms with E-state index in [0.717, 1.165) is 19.4 Å². The second kappa shape index (κ2) is 7.01. The molecule has 17 heavy (non-hydrogen) atoms. The second-order valence-electron chi connectivity index (χ2n) is 3.73. The first kappa shape index (κ1) is 13.6. The van der Waals surface area contributed by atoms with Crippen LogP contribution in [0.1, 0.15) is 32.0 Å². The zero-order chi connectivity index (χ0) is 12.7. The zero-order valence-corrected chi connectivity index (χ0v) is 10.6. The monoisotopic (exact) mass is 241 g/mol. The van der Waals surface area contributed by atoms with Crippen LogP contribution >= 0.6 is 0 Å². The van der Waals surface area contributed by atoms with E-state index in [4.69, 9.17) is 4.52 Å². The predicted octanol–water partition coefficient (Wildman–Crippen LogP) is 1.02. The average molecular weight is 241 g/mol. The zero-order valence-electron chi connectivity index (χ0n) is 10.6. The fourth-order valence-corrected chi connectivity index (χ4v) is 1.40. The molecule has 0 aromatic carbocycles. The van der Waals surface area contributed by atoms with Gasteiger partial charge in [-0.15, -0.1) is 0 Å². The Bertz CT molecular complexity index is 351. The van der Waals surface area contributed by atoms with Gasteiger partial charge in [0.25, 0.3) is 0 Å². The summed E-state index contributed by atoms with van der Waals surface area (Å²) in [5.74, 6) is 1.000. The summed E-state index contributed by atoms with van der Waals surface area (Å²) in [6.45, 7) is 5.49. The van der Waals surface area contributed by atoms with Crippen molar-refractivity contribution in [1.29, 1.82) is 0 Å². The number of rotatable bonds is 7. The summed E-state index contributed by atoms with van der Waals surface area (Å²) in [5, 5.41) is 3.88. The van der Waals surface area contributed by atoms with Crippen molar-refractivity contribution in [2.45, 2.75) is 33.2 Å². The molecular weight excluding hydrogens is 222 g/mol. The molecule has 0 aliphatic heterocycles. The van der Waals surface area contributed by atoms with Crippen molar-refractivity contribution in [2.75, 3.05) is 20.2 Å². The van der Waals surface area contributed by atoms with E-state index < -0.39 is 0 Å². The molecule has 1 heterocycles. The summed E-state index contributed by atoms with van der Waals surface area (Å²) >= 11 is 0. The molecule has 0 N–H and O–H groups in total. The number of methoxy groups -OCH3 is 1. The first-order valence-corrected chi connectivity index (χ1v) is 5.80. The molecule has 0 amide bonds. The van der Waals surface area contributed by atoms with E-state index in [-0.39, 0.29) is 12.5 Å². The van der Waals surface area contributed by atoms with Crippen LogP contribution in [0.15, 0.2) is 4.52 Å². The van der Waals surface area contributed by atoms with Gasteiger partial charge in [0, 0.05) is 6.42 Å². The van der Waals surface area contributed by atoms with Crippen molar-refractivity contribution in [2.24, 2.45) is 0 Å². The molecule has 0 saturated heterocycles. The lowest BCUT2D eigenvalue weighted by atomic mass is 10.3. The molecule has 0 aliphatic rings. The third kappa shape index (κ3) is 4.52. The van der Waals surface area contributed by atoms with Gasteiger partial charge >= 0.3 is 5.97 Å². The molecule has 0 aliphatic carbocycles. The fraction of sp³-hybridized carbons (Fsp3) is 0.727. The number of esters is 1. The highest BCUT2D eigenvalue weighted by Gasteiger charge is 2.13. The lowest BCUT2D eigenvalue weighted by molar-refractivity contribution is -0.142. The SMILES string of the molecule is CCCc1nc(CN(CC)CC(=O)OC)no1. The van der Waals surface area contributed by atoms with Gasteiger partial charge < -0.3 is 9.26 Å². The highest BCUT2D eigenvalue weighted by Crippen LogP contribution is 2.04. The second-order valence-corrected chi connectivity index (χ2v) is 3.73. The summed E-state index contributed by atoms with van der Waals surface area (Å²) in [6.07, 6.45) is 1.76. The molecule has 0 fully saturated rings. The minimum absolute atomic E-state index is 0.241. The Morgan fingerprint density at radius 1 is 1.47 bits per heavy atom. The molecule has 0 spiro atoms. The van der Waals surface area contributed by atoms with E-state index in [1.807, 2.05) is 11.8 Å². The molecule has 6 nitrogen and oxygen atoms in total. The van der Waals surface area contributed by atoms with Crippen LogP contribution in [0.25, 0.3) is 0 Å². The van der Waals surface area contributed by atoms with E-state index in [1.165, 1.54) is 7.11 Å². The Balaban J connectivity index is 2.51. The Kier molecular flexibility index (Phi) is 5.62. The van der Waals surface area contributed by atoms with Gasteiger partial charge in [0.15, 0.2) is 5.82 Å². The summed E-state index contributed by atoms with van der Waals surface area (Å²) in [5.41, 5.74) is 0. The minimum atomic E-state index is -0.260. The van der Waals surface area contributed by atoms with Crippen LogP contribution in [0.4, 0.5) is 0 Å². The first-order chi connectivity index (χ1) is 8.19. The standard InChI is InChI=1S/C11H19N3O3/c1-4-6-10-12-9(13-17-10)7-14(5-2)8-11(15)16-3/h4-8H2,1-3H3. The van der Waals surface area contributed by atoms with Crippen molar-refractivity contribution in [1.82, 2.24) is 15.0 Å². The quantitative estimate of drug-likeness (QED) is 0.664. The van der Waals surface area contributed by atoms with Crippen molar-refractivity contribution < 1.29 is 14.1 Å². The Morgan fingerprint density at radius 3 is 2.82 bits per heavy atom. The van der Waals surface area contributed by atoms with Crippen molar-refractivity contribution >= 4 is 5.97 Å². The topological polar surface area (TPSA) is 68.5 Å². The van der Waals surface area contributed by atoms with Gasteiger partial charge in [0.1, 0.15) is 0 Å². The Labute approximate surface area is 101 Å². The molecule has 96 valence electrons. The maximum atomic E-state index is 11.2. The molecular formula is C11H19N3O3. The molecule has 0 unspecified atom stereocenters. The van der Waals surface area contributed by atoms with Crippen LogP contribution in [-0.4, -0.2) is 41.2 Å².